The smallest absolute Gasteiger partial charge is 0.180 e. The van der Waals surface area contributed by atoms with E-state index in [2.05, 4.69) is 77.6 Å². The van der Waals surface area contributed by atoms with Crippen LogP contribution in [0.1, 0.15) is 63.9 Å². The molecule has 0 atom stereocenters. The Kier molecular flexibility index (Phi) is 8.02. The summed E-state index contributed by atoms with van der Waals surface area (Å²) in [6.07, 6.45) is 3.63. The van der Waals surface area contributed by atoms with E-state index in [1.54, 1.807) is 6.20 Å². The quantitative estimate of drug-likeness (QED) is 0.186. The summed E-state index contributed by atoms with van der Waals surface area (Å²) in [5.41, 5.74) is 10.0. The summed E-state index contributed by atoms with van der Waals surface area (Å²) in [4.78, 5) is 22.4. The first-order chi connectivity index (χ1) is 26.8. The zero-order valence-electron chi connectivity index (χ0n) is 32.9. The monoisotopic (exact) mass is 737 g/mol. The second-order valence-corrected chi connectivity index (χ2v) is 16.6. The van der Waals surface area contributed by atoms with Crippen LogP contribution in [0.2, 0.25) is 0 Å². The molecule has 0 aliphatic carbocycles. The molecule has 278 valence electrons. The van der Waals surface area contributed by atoms with Gasteiger partial charge in [-0.3, -0.25) is 9.88 Å². The minimum atomic E-state index is -0.352. The minimum absolute atomic E-state index is 0.170. The number of aryl methyl sites for hydroxylation is 2. The van der Waals surface area contributed by atoms with Gasteiger partial charge in [-0.2, -0.15) is 0 Å². The summed E-state index contributed by atoms with van der Waals surface area (Å²) < 4.78 is 13.3. The number of phenols is 1. The third-order valence-electron chi connectivity index (χ3n) is 10.6. The maximum Gasteiger partial charge on any atom is 0.180 e. The van der Waals surface area contributed by atoms with Gasteiger partial charge in [0.1, 0.15) is 39.5 Å². The van der Waals surface area contributed by atoms with Crippen molar-refractivity contribution >= 4 is 61.2 Å². The van der Waals surface area contributed by atoms with Crippen molar-refractivity contribution in [2.45, 2.75) is 66.2 Å². The maximum atomic E-state index is 12.2. The molecule has 0 spiro atoms. The van der Waals surface area contributed by atoms with Gasteiger partial charge in [-0.05, 0) is 90.4 Å². The van der Waals surface area contributed by atoms with Gasteiger partial charge < -0.3 is 13.9 Å². The molecule has 0 saturated carbocycles. The van der Waals surface area contributed by atoms with Crippen molar-refractivity contribution in [2.75, 3.05) is 4.90 Å². The van der Waals surface area contributed by atoms with Crippen molar-refractivity contribution in [3.8, 4) is 28.4 Å². The second-order valence-electron chi connectivity index (χ2n) is 16.6. The standard InChI is InChI=1S/C48H43N5O3/c1-27-20-22-49-28(2)42(27)53(39-19-13-14-21-50-39)30-25-33-31-15-9-11-17-37(31)55-44(33)35(26-30)46-51-40-32-16-10-12-18-38(32)56-45(40)41(52-46)34-23-29(47(3,4)5)24-36(43(34)54)48(6,7)8/h9-26,54H,1-8H3. The van der Waals surface area contributed by atoms with E-state index in [-0.39, 0.29) is 16.6 Å². The van der Waals surface area contributed by atoms with Crippen LogP contribution in [-0.2, 0) is 10.8 Å². The van der Waals surface area contributed by atoms with Gasteiger partial charge >= 0.3 is 0 Å². The van der Waals surface area contributed by atoms with E-state index in [0.29, 0.717) is 44.9 Å². The molecule has 8 heteroatoms. The number of phenolic OH excluding ortho intramolecular Hbond substituents is 1. The van der Waals surface area contributed by atoms with E-state index in [9.17, 15) is 5.11 Å². The average molecular weight is 738 g/mol. The second kappa shape index (κ2) is 12.8. The van der Waals surface area contributed by atoms with Gasteiger partial charge in [0.05, 0.1) is 16.9 Å². The number of benzene rings is 4. The van der Waals surface area contributed by atoms with Gasteiger partial charge in [0, 0.05) is 45.4 Å². The van der Waals surface area contributed by atoms with Crippen molar-refractivity contribution < 1.29 is 13.9 Å². The van der Waals surface area contributed by atoms with Crippen LogP contribution in [0.5, 0.6) is 5.75 Å². The van der Waals surface area contributed by atoms with Crippen LogP contribution >= 0.6 is 0 Å². The lowest BCUT2D eigenvalue weighted by Crippen LogP contribution is -2.17. The van der Waals surface area contributed by atoms with Crippen LogP contribution < -0.4 is 4.90 Å². The molecule has 0 aliphatic rings. The highest BCUT2D eigenvalue weighted by atomic mass is 16.3. The molecule has 5 aromatic heterocycles. The Hall–Kier alpha value is -6.54. The number of hydrogen-bond acceptors (Lipinski definition) is 8. The van der Waals surface area contributed by atoms with Crippen LogP contribution in [0, 0.1) is 13.8 Å². The number of nitrogens with zero attached hydrogens (tertiary/aromatic N) is 5. The first-order valence-corrected chi connectivity index (χ1v) is 18.9. The molecule has 0 radical (unpaired) electrons. The predicted molar refractivity (Wildman–Crippen MR) is 226 cm³/mol. The molecule has 0 aliphatic heterocycles. The van der Waals surface area contributed by atoms with Crippen LogP contribution in [0.25, 0.3) is 66.7 Å². The number of fused-ring (bicyclic) bond motifs is 6. The molecule has 8 nitrogen and oxygen atoms in total. The van der Waals surface area contributed by atoms with Crippen LogP contribution in [0.4, 0.5) is 17.2 Å². The molecular formula is C48H43N5O3. The SMILES string of the molecule is Cc1ccnc(C)c1N(c1cc(-c2nc(-c3cc(C(C)(C)C)cc(C(C)(C)C)c3O)c3oc4ccccc4c3n2)c2oc3ccccc3c2c1)c1ccccn1. The van der Waals surface area contributed by atoms with E-state index >= 15 is 0 Å². The third kappa shape index (κ3) is 5.75. The summed E-state index contributed by atoms with van der Waals surface area (Å²) in [5.74, 6) is 1.34. The molecule has 1 N–H and O–H groups in total. The zero-order chi connectivity index (χ0) is 39.1. The van der Waals surface area contributed by atoms with Crippen LogP contribution in [0.15, 0.2) is 118 Å². The fourth-order valence-corrected chi connectivity index (χ4v) is 7.71. The topological polar surface area (TPSA) is 101 Å². The number of furan rings is 2. The van der Waals surface area contributed by atoms with Crippen molar-refractivity contribution in [1.29, 1.82) is 0 Å². The first kappa shape index (κ1) is 35.2. The Bertz CT molecular complexity index is 2960. The van der Waals surface area contributed by atoms with Crippen molar-refractivity contribution in [3.63, 3.8) is 0 Å². The zero-order valence-corrected chi connectivity index (χ0v) is 32.9. The number of aromatic hydroxyl groups is 1. The summed E-state index contributed by atoms with van der Waals surface area (Å²) in [6, 6.07) is 32.2. The Morgan fingerprint density at radius 1 is 0.625 bits per heavy atom. The van der Waals surface area contributed by atoms with Gasteiger partial charge in [-0.1, -0.05) is 84.0 Å². The van der Waals surface area contributed by atoms with E-state index in [0.717, 1.165) is 61.3 Å². The molecule has 4 aromatic carbocycles. The highest BCUT2D eigenvalue weighted by Crippen LogP contribution is 2.47. The molecule has 56 heavy (non-hydrogen) atoms. The Morgan fingerprint density at radius 3 is 2.02 bits per heavy atom. The maximum absolute atomic E-state index is 12.2. The van der Waals surface area contributed by atoms with Crippen molar-refractivity contribution in [2.24, 2.45) is 0 Å². The molecule has 0 saturated heterocycles. The molecule has 9 rings (SSSR count). The Balaban J connectivity index is 1.42. The summed E-state index contributed by atoms with van der Waals surface area (Å²) in [6.45, 7) is 17.0. The Morgan fingerprint density at radius 2 is 1.32 bits per heavy atom. The summed E-state index contributed by atoms with van der Waals surface area (Å²) in [7, 11) is 0. The van der Waals surface area contributed by atoms with Crippen LogP contribution in [0.3, 0.4) is 0 Å². The number of para-hydroxylation sites is 2. The average Bonchev–Trinajstić information content (AvgIpc) is 3.74. The molecule has 0 amide bonds. The van der Waals surface area contributed by atoms with Gasteiger partial charge in [0.15, 0.2) is 11.4 Å². The van der Waals surface area contributed by atoms with Crippen molar-refractivity contribution in [3.05, 3.63) is 132 Å². The molecule has 5 heterocycles. The largest absolute Gasteiger partial charge is 0.507 e. The molecular weight excluding hydrogens is 695 g/mol. The van der Waals surface area contributed by atoms with Gasteiger partial charge in [-0.15, -0.1) is 0 Å². The molecule has 0 fully saturated rings. The number of pyridine rings is 2. The van der Waals surface area contributed by atoms with E-state index in [4.69, 9.17) is 28.8 Å². The van der Waals surface area contributed by atoms with E-state index < -0.39 is 0 Å². The van der Waals surface area contributed by atoms with Gasteiger partial charge in [0.2, 0.25) is 0 Å². The lowest BCUT2D eigenvalue weighted by molar-refractivity contribution is 0.446. The van der Waals surface area contributed by atoms with Crippen molar-refractivity contribution in [1.82, 2.24) is 19.9 Å². The van der Waals surface area contributed by atoms with Gasteiger partial charge in [-0.25, -0.2) is 15.0 Å². The predicted octanol–water partition coefficient (Wildman–Crippen LogP) is 12.8. The number of hydrogen-bond donors (Lipinski definition) is 1. The Labute approximate surface area is 325 Å². The lowest BCUT2D eigenvalue weighted by Gasteiger charge is -2.28. The number of aromatic nitrogens is 4. The normalized spacial score (nSPS) is 12.4. The summed E-state index contributed by atoms with van der Waals surface area (Å²) in [5, 5.41) is 14.9. The molecule has 0 unspecified atom stereocenters. The molecule has 9 aromatic rings. The minimum Gasteiger partial charge on any atom is -0.507 e. The highest BCUT2D eigenvalue weighted by Gasteiger charge is 2.30. The molecule has 0 bridgehead atoms. The van der Waals surface area contributed by atoms with E-state index in [1.807, 2.05) is 85.9 Å². The fraction of sp³-hybridized carbons (Fsp3) is 0.208. The third-order valence-corrected chi connectivity index (χ3v) is 10.6. The van der Waals surface area contributed by atoms with Crippen LogP contribution in [-0.4, -0.2) is 25.0 Å². The lowest BCUT2D eigenvalue weighted by atomic mass is 9.78. The summed E-state index contributed by atoms with van der Waals surface area (Å²) >= 11 is 0. The van der Waals surface area contributed by atoms with Gasteiger partial charge in [0.25, 0.3) is 0 Å². The highest BCUT2D eigenvalue weighted by molar-refractivity contribution is 6.12. The first-order valence-electron chi connectivity index (χ1n) is 18.9. The number of rotatable bonds is 5. The fourth-order valence-electron chi connectivity index (χ4n) is 7.71. The number of anilines is 3. The van der Waals surface area contributed by atoms with E-state index in [1.165, 1.54) is 0 Å².